The van der Waals surface area contributed by atoms with Crippen LogP contribution in [0.25, 0.3) is 0 Å². The summed E-state index contributed by atoms with van der Waals surface area (Å²) in [7, 11) is 1.06. The SMILES string of the molecule is COc1c(Oc2ccc(C(F)(F)F)c(Br)c2C(=O)OC(C)(C)C)ccc(F)c1F. The molecule has 4 nitrogen and oxygen atoms in total. The lowest BCUT2D eigenvalue weighted by Crippen LogP contribution is -2.25. The second-order valence-electron chi connectivity index (χ2n) is 6.79. The van der Waals surface area contributed by atoms with Gasteiger partial charge in [0.15, 0.2) is 11.6 Å². The number of ether oxygens (including phenoxy) is 3. The molecule has 2 rings (SSSR count). The molecule has 0 heterocycles. The van der Waals surface area contributed by atoms with Crippen LogP contribution in [0, 0.1) is 11.6 Å². The van der Waals surface area contributed by atoms with Crippen LogP contribution in [0.3, 0.4) is 0 Å². The van der Waals surface area contributed by atoms with E-state index in [-0.39, 0.29) is 11.5 Å². The third kappa shape index (κ3) is 5.17. The van der Waals surface area contributed by atoms with E-state index in [1.165, 1.54) is 20.8 Å². The van der Waals surface area contributed by atoms with E-state index >= 15 is 0 Å². The molecule has 29 heavy (non-hydrogen) atoms. The largest absolute Gasteiger partial charge is 0.490 e. The number of hydrogen-bond acceptors (Lipinski definition) is 4. The lowest BCUT2D eigenvalue weighted by molar-refractivity contribution is -0.138. The topological polar surface area (TPSA) is 44.8 Å². The minimum absolute atomic E-state index is 0.345. The first-order chi connectivity index (χ1) is 13.3. The van der Waals surface area contributed by atoms with Gasteiger partial charge in [-0.15, -0.1) is 0 Å². The Morgan fingerprint density at radius 1 is 1.00 bits per heavy atom. The van der Waals surface area contributed by atoms with E-state index in [4.69, 9.17) is 14.2 Å². The van der Waals surface area contributed by atoms with Crippen molar-refractivity contribution in [2.45, 2.75) is 32.5 Å². The number of halogens is 6. The molecule has 0 atom stereocenters. The lowest BCUT2D eigenvalue weighted by Gasteiger charge is -2.22. The Bertz CT molecular complexity index is 936. The van der Waals surface area contributed by atoms with Crippen LogP contribution in [0.15, 0.2) is 28.7 Å². The van der Waals surface area contributed by atoms with Gasteiger partial charge in [-0.1, -0.05) is 0 Å². The van der Waals surface area contributed by atoms with Crippen LogP contribution in [0.2, 0.25) is 0 Å². The average Bonchev–Trinajstić information content (AvgIpc) is 2.55. The van der Waals surface area contributed by atoms with Crippen molar-refractivity contribution in [2.24, 2.45) is 0 Å². The van der Waals surface area contributed by atoms with Crippen molar-refractivity contribution in [1.82, 2.24) is 0 Å². The van der Waals surface area contributed by atoms with Crippen molar-refractivity contribution in [2.75, 3.05) is 7.11 Å². The summed E-state index contributed by atoms with van der Waals surface area (Å²) in [5.41, 5.74) is -2.72. The summed E-state index contributed by atoms with van der Waals surface area (Å²) in [6.07, 6.45) is -4.77. The predicted octanol–water partition coefficient (Wildman–Crippen LogP) is 6.50. The van der Waals surface area contributed by atoms with Crippen LogP contribution in [0.5, 0.6) is 17.2 Å². The van der Waals surface area contributed by atoms with Gasteiger partial charge in [0.2, 0.25) is 11.6 Å². The summed E-state index contributed by atoms with van der Waals surface area (Å²) in [5.74, 6) is -5.00. The van der Waals surface area contributed by atoms with Crippen molar-refractivity contribution < 1.29 is 41.0 Å². The Balaban J connectivity index is 2.65. The minimum Gasteiger partial charge on any atom is -0.490 e. The van der Waals surface area contributed by atoms with Gasteiger partial charge < -0.3 is 14.2 Å². The van der Waals surface area contributed by atoms with Crippen LogP contribution in [-0.4, -0.2) is 18.7 Å². The number of carbonyl (C=O) groups is 1. The normalized spacial score (nSPS) is 11.9. The molecular weight excluding hydrogens is 467 g/mol. The fourth-order valence-corrected chi connectivity index (χ4v) is 3.00. The van der Waals surface area contributed by atoms with Gasteiger partial charge >= 0.3 is 12.1 Å². The van der Waals surface area contributed by atoms with Gasteiger partial charge in [-0.3, -0.25) is 0 Å². The quantitative estimate of drug-likeness (QED) is 0.368. The van der Waals surface area contributed by atoms with Gasteiger partial charge in [0.25, 0.3) is 0 Å². The summed E-state index contributed by atoms with van der Waals surface area (Å²) in [5, 5.41) is 0. The zero-order chi connectivity index (χ0) is 22.1. The third-order valence-electron chi connectivity index (χ3n) is 3.45. The van der Waals surface area contributed by atoms with Gasteiger partial charge in [0.05, 0.1) is 12.7 Å². The van der Waals surface area contributed by atoms with Crippen LogP contribution in [-0.2, 0) is 10.9 Å². The number of carbonyl (C=O) groups excluding carboxylic acids is 1. The first-order valence-corrected chi connectivity index (χ1v) is 8.88. The lowest BCUT2D eigenvalue weighted by atomic mass is 10.1. The first-order valence-electron chi connectivity index (χ1n) is 8.09. The second-order valence-corrected chi connectivity index (χ2v) is 7.59. The van der Waals surface area contributed by atoms with Crippen LogP contribution in [0.1, 0.15) is 36.7 Å². The molecule has 0 N–H and O–H groups in total. The predicted molar refractivity (Wildman–Crippen MR) is 97.3 cm³/mol. The first kappa shape index (κ1) is 22.9. The van der Waals surface area contributed by atoms with Crippen LogP contribution in [0.4, 0.5) is 22.0 Å². The van der Waals surface area contributed by atoms with Gasteiger partial charge in [0.1, 0.15) is 16.9 Å². The fraction of sp³-hybridized carbons (Fsp3) is 0.316. The third-order valence-corrected chi connectivity index (χ3v) is 4.27. The number of methoxy groups -OCH3 is 1. The molecular formula is C19H16BrF5O4. The van der Waals surface area contributed by atoms with E-state index < -0.39 is 50.7 Å². The molecule has 2 aromatic rings. The molecule has 0 aliphatic rings. The van der Waals surface area contributed by atoms with Crippen molar-refractivity contribution in [3.8, 4) is 17.2 Å². The Labute approximate surface area is 171 Å². The number of rotatable bonds is 4. The molecule has 0 unspecified atom stereocenters. The number of benzene rings is 2. The van der Waals surface area contributed by atoms with Crippen LogP contribution < -0.4 is 9.47 Å². The molecule has 0 aromatic heterocycles. The number of alkyl halides is 3. The van der Waals surface area contributed by atoms with Crippen molar-refractivity contribution in [3.05, 3.63) is 51.5 Å². The highest BCUT2D eigenvalue weighted by Crippen LogP contribution is 2.43. The average molecular weight is 483 g/mol. The van der Waals surface area contributed by atoms with E-state index in [1.807, 2.05) is 0 Å². The second kappa shape index (κ2) is 8.17. The maximum Gasteiger partial charge on any atom is 0.417 e. The summed E-state index contributed by atoms with van der Waals surface area (Å²) >= 11 is 2.78. The molecule has 0 spiro atoms. The summed E-state index contributed by atoms with van der Waals surface area (Å²) in [6.45, 7) is 4.60. The van der Waals surface area contributed by atoms with E-state index in [9.17, 15) is 26.7 Å². The Hall–Kier alpha value is -2.36. The Morgan fingerprint density at radius 3 is 2.10 bits per heavy atom. The summed E-state index contributed by atoms with van der Waals surface area (Å²) in [4.78, 5) is 12.6. The fourth-order valence-electron chi connectivity index (χ4n) is 2.29. The summed E-state index contributed by atoms with van der Waals surface area (Å²) < 4.78 is 81.9. The molecule has 0 saturated carbocycles. The van der Waals surface area contributed by atoms with Gasteiger partial charge in [-0.05, 0) is 61.0 Å². The highest BCUT2D eigenvalue weighted by atomic mass is 79.9. The standard InChI is InChI=1S/C19H16BrF5O4/c1-18(2,3)29-17(26)13-11(7-5-9(14(13)20)19(23,24)25)28-12-8-6-10(21)15(22)16(12)27-4/h5-8H,1-4H3. The molecule has 0 aliphatic carbocycles. The summed E-state index contributed by atoms with van der Waals surface area (Å²) in [6, 6.07) is 3.33. The molecule has 0 radical (unpaired) electrons. The van der Waals surface area contributed by atoms with E-state index in [2.05, 4.69) is 15.9 Å². The highest BCUT2D eigenvalue weighted by Gasteiger charge is 2.37. The monoisotopic (exact) mass is 482 g/mol. The van der Waals surface area contributed by atoms with E-state index in [0.717, 1.165) is 25.3 Å². The van der Waals surface area contributed by atoms with Gasteiger partial charge in [-0.25, -0.2) is 9.18 Å². The Kier molecular flexibility index (Phi) is 6.46. The maximum atomic E-state index is 13.9. The van der Waals surface area contributed by atoms with Gasteiger partial charge in [0, 0.05) is 4.47 Å². The van der Waals surface area contributed by atoms with Crippen molar-refractivity contribution >= 4 is 21.9 Å². The molecule has 158 valence electrons. The van der Waals surface area contributed by atoms with Crippen LogP contribution >= 0.6 is 15.9 Å². The van der Waals surface area contributed by atoms with Gasteiger partial charge in [-0.2, -0.15) is 17.6 Å². The van der Waals surface area contributed by atoms with Crippen molar-refractivity contribution in [1.29, 1.82) is 0 Å². The number of hydrogen-bond donors (Lipinski definition) is 0. The molecule has 0 bridgehead atoms. The zero-order valence-electron chi connectivity index (χ0n) is 15.7. The number of esters is 1. The maximum absolute atomic E-state index is 13.9. The van der Waals surface area contributed by atoms with E-state index in [0.29, 0.717) is 6.07 Å². The molecule has 0 aliphatic heterocycles. The molecule has 2 aromatic carbocycles. The highest BCUT2D eigenvalue weighted by molar-refractivity contribution is 9.10. The molecule has 0 amide bonds. The molecule has 0 fully saturated rings. The Morgan fingerprint density at radius 2 is 1.59 bits per heavy atom. The smallest absolute Gasteiger partial charge is 0.417 e. The van der Waals surface area contributed by atoms with E-state index in [1.54, 1.807) is 0 Å². The zero-order valence-corrected chi connectivity index (χ0v) is 17.3. The molecule has 0 saturated heterocycles. The van der Waals surface area contributed by atoms with Crippen molar-refractivity contribution in [3.63, 3.8) is 0 Å². The molecule has 10 heteroatoms. The minimum atomic E-state index is -4.77.